The van der Waals surface area contributed by atoms with E-state index in [-0.39, 0.29) is 5.91 Å². The number of hydrogen-bond donors (Lipinski definition) is 3. The van der Waals surface area contributed by atoms with E-state index in [4.69, 9.17) is 5.73 Å². The third kappa shape index (κ3) is 5.29. The van der Waals surface area contributed by atoms with Gasteiger partial charge in [0, 0.05) is 18.5 Å². The second kappa shape index (κ2) is 10.1. The van der Waals surface area contributed by atoms with E-state index >= 15 is 0 Å². The Kier molecular flexibility index (Phi) is 7.28. The van der Waals surface area contributed by atoms with Crippen molar-refractivity contribution < 1.29 is 14.4 Å². The Bertz CT molecular complexity index is 1090. The van der Waals surface area contributed by atoms with Crippen molar-refractivity contribution in [2.24, 2.45) is 5.73 Å². The maximum absolute atomic E-state index is 13.3. The molecule has 6 nitrogen and oxygen atoms in total. The summed E-state index contributed by atoms with van der Waals surface area (Å²) in [6, 6.07) is 25.1. The summed E-state index contributed by atoms with van der Waals surface area (Å²) >= 11 is 0. The zero-order valence-corrected chi connectivity index (χ0v) is 19.0. The van der Waals surface area contributed by atoms with Crippen molar-refractivity contribution in [2.75, 3.05) is 7.05 Å². The number of benzene rings is 3. The number of likely N-dealkylation sites (N-methyl/N-ethyl adjacent to an activating group) is 1. The van der Waals surface area contributed by atoms with E-state index < -0.39 is 29.2 Å². The number of rotatable bonds is 8. The molecular weight excluding hydrogens is 414 g/mol. The zero-order valence-electron chi connectivity index (χ0n) is 19.0. The lowest BCUT2D eigenvalue weighted by Crippen LogP contribution is -2.49. The molecule has 0 fully saturated rings. The van der Waals surface area contributed by atoms with E-state index in [0.717, 1.165) is 11.1 Å². The van der Waals surface area contributed by atoms with E-state index in [1.54, 1.807) is 45.2 Å². The SMILES string of the molecule is CNC(=O)C(NC(=O)c1cccc(C(C)(C)C(N)=O)c1)C(c1ccccc1)c1ccccc1. The number of primary amides is 1. The van der Waals surface area contributed by atoms with Gasteiger partial charge in [0.1, 0.15) is 6.04 Å². The third-order valence-corrected chi connectivity index (χ3v) is 5.93. The van der Waals surface area contributed by atoms with Gasteiger partial charge in [-0.25, -0.2) is 0 Å². The summed E-state index contributed by atoms with van der Waals surface area (Å²) in [4.78, 5) is 38.2. The molecule has 3 amide bonds. The van der Waals surface area contributed by atoms with Crippen molar-refractivity contribution in [3.05, 3.63) is 107 Å². The fourth-order valence-corrected chi connectivity index (χ4v) is 3.77. The van der Waals surface area contributed by atoms with Crippen LogP contribution < -0.4 is 16.4 Å². The Morgan fingerprint density at radius 2 is 1.36 bits per heavy atom. The van der Waals surface area contributed by atoms with Crippen LogP contribution in [0.1, 0.15) is 46.8 Å². The molecule has 1 atom stereocenters. The summed E-state index contributed by atoms with van der Waals surface area (Å²) in [5.74, 6) is -1.62. The molecule has 0 saturated heterocycles. The van der Waals surface area contributed by atoms with Crippen LogP contribution >= 0.6 is 0 Å². The summed E-state index contributed by atoms with van der Waals surface area (Å²) in [6.07, 6.45) is 0. The van der Waals surface area contributed by atoms with Crippen molar-refractivity contribution in [3.8, 4) is 0 Å². The minimum atomic E-state index is -0.937. The number of nitrogens with one attached hydrogen (secondary N) is 2. The van der Waals surface area contributed by atoms with E-state index in [1.165, 1.54) is 0 Å². The summed E-state index contributed by atoms with van der Waals surface area (Å²) in [6.45, 7) is 3.42. The zero-order chi connectivity index (χ0) is 24.0. The molecule has 0 spiro atoms. The number of amides is 3. The normalized spacial score (nSPS) is 12.1. The highest BCUT2D eigenvalue weighted by Gasteiger charge is 2.33. The van der Waals surface area contributed by atoms with Crippen LogP contribution in [-0.4, -0.2) is 30.8 Å². The number of nitrogens with two attached hydrogens (primary N) is 1. The van der Waals surface area contributed by atoms with Gasteiger partial charge in [0.25, 0.3) is 5.91 Å². The molecule has 4 N–H and O–H groups in total. The molecule has 0 heterocycles. The van der Waals surface area contributed by atoms with Gasteiger partial charge in [-0.3, -0.25) is 14.4 Å². The Balaban J connectivity index is 2.01. The summed E-state index contributed by atoms with van der Waals surface area (Å²) in [7, 11) is 1.55. The minimum Gasteiger partial charge on any atom is -0.369 e. The third-order valence-electron chi connectivity index (χ3n) is 5.93. The quantitative estimate of drug-likeness (QED) is 0.499. The largest absolute Gasteiger partial charge is 0.369 e. The molecule has 3 rings (SSSR count). The molecule has 1 unspecified atom stereocenters. The predicted molar refractivity (Wildman–Crippen MR) is 129 cm³/mol. The molecule has 170 valence electrons. The topological polar surface area (TPSA) is 101 Å². The summed E-state index contributed by atoms with van der Waals surface area (Å²) in [5, 5.41) is 5.60. The van der Waals surface area contributed by atoms with Gasteiger partial charge in [0.2, 0.25) is 11.8 Å². The van der Waals surface area contributed by atoms with Crippen molar-refractivity contribution in [2.45, 2.75) is 31.2 Å². The highest BCUT2D eigenvalue weighted by atomic mass is 16.2. The molecule has 0 bridgehead atoms. The molecule has 33 heavy (non-hydrogen) atoms. The first-order valence-corrected chi connectivity index (χ1v) is 10.8. The lowest BCUT2D eigenvalue weighted by Gasteiger charge is -2.28. The maximum Gasteiger partial charge on any atom is 0.251 e. The van der Waals surface area contributed by atoms with Gasteiger partial charge in [0.05, 0.1) is 5.41 Å². The Morgan fingerprint density at radius 1 is 0.818 bits per heavy atom. The van der Waals surface area contributed by atoms with Crippen molar-refractivity contribution in [3.63, 3.8) is 0 Å². The Morgan fingerprint density at radius 3 is 1.85 bits per heavy atom. The number of hydrogen-bond acceptors (Lipinski definition) is 3. The van der Waals surface area contributed by atoms with Gasteiger partial charge >= 0.3 is 0 Å². The average molecular weight is 444 g/mol. The van der Waals surface area contributed by atoms with E-state index in [1.807, 2.05) is 60.7 Å². The lowest BCUT2D eigenvalue weighted by atomic mass is 9.83. The molecule has 0 aromatic heterocycles. The average Bonchev–Trinajstić information content (AvgIpc) is 2.84. The van der Waals surface area contributed by atoms with Crippen LogP contribution in [0.15, 0.2) is 84.9 Å². The fourth-order valence-electron chi connectivity index (χ4n) is 3.77. The van der Waals surface area contributed by atoms with E-state index in [0.29, 0.717) is 11.1 Å². The molecule has 0 saturated carbocycles. The molecule has 0 aliphatic carbocycles. The van der Waals surface area contributed by atoms with Gasteiger partial charge in [0.15, 0.2) is 0 Å². The first kappa shape index (κ1) is 23.7. The second-order valence-electron chi connectivity index (χ2n) is 8.43. The molecule has 0 aliphatic heterocycles. The van der Waals surface area contributed by atoms with E-state index in [2.05, 4.69) is 10.6 Å². The Hall–Kier alpha value is -3.93. The van der Waals surface area contributed by atoms with E-state index in [9.17, 15) is 14.4 Å². The van der Waals surface area contributed by atoms with Crippen LogP contribution in [-0.2, 0) is 15.0 Å². The smallest absolute Gasteiger partial charge is 0.251 e. The maximum atomic E-state index is 13.3. The van der Waals surface area contributed by atoms with Crippen LogP contribution in [0.2, 0.25) is 0 Å². The molecule has 3 aromatic carbocycles. The van der Waals surface area contributed by atoms with Crippen molar-refractivity contribution >= 4 is 17.7 Å². The highest BCUT2D eigenvalue weighted by molar-refractivity contribution is 5.98. The van der Waals surface area contributed by atoms with Gasteiger partial charge in [-0.05, 0) is 42.7 Å². The molecular formula is C27H29N3O3. The summed E-state index contributed by atoms with van der Waals surface area (Å²) in [5.41, 5.74) is 7.38. The van der Waals surface area contributed by atoms with Crippen molar-refractivity contribution in [1.29, 1.82) is 0 Å². The van der Waals surface area contributed by atoms with Crippen molar-refractivity contribution in [1.82, 2.24) is 10.6 Å². The van der Waals surface area contributed by atoms with Gasteiger partial charge in [-0.1, -0.05) is 72.8 Å². The van der Waals surface area contributed by atoms with Gasteiger partial charge in [-0.15, -0.1) is 0 Å². The van der Waals surface area contributed by atoms with Crippen LogP contribution in [0.25, 0.3) is 0 Å². The molecule has 6 heteroatoms. The monoisotopic (exact) mass is 443 g/mol. The highest BCUT2D eigenvalue weighted by Crippen LogP contribution is 2.29. The minimum absolute atomic E-state index is 0.310. The van der Waals surface area contributed by atoms with Crippen LogP contribution in [0.4, 0.5) is 0 Å². The molecule has 0 radical (unpaired) electrons. The van der Waals surface area contributed by atoms with Crippen LogP contribution in [0, 0.1) is 0 Å². The standard InChI is InChI=1S/C27H29N3O3/c1-27(2,26(28)33)21-16-10-15-20(17-21)24(31)30-23(25(32)29-3)22(18-11-6-4-7-12-18)19-13-8-5-9-14-19/h4-17,22-23H,1-3H3,(H2,28,33)(H,29,32)(H,30,31). The number of carbonyl (C=O) groups excluding carboxylic acids is 3. The first-order chi connectivity index (χ1) is 15.8. The number of carbonyl (C=O) groups is 3. The molecule has 0 aliphatic rings. The fraction of sp³-hybridized carbons (Fsp3) is 0.222. The first-order valence-electron chi connectivity index (χ1n) is 10.8. The lowest BCUT2D eigenvalue weighted by molar-refractivity contribution is -0.123. The summed E-state index contributed by atoms with van der Waals surface area (Å²) < 4.78 is 0. The van der Waals surface area contributed by atoms with Gasteiger partial charge < -0.3 is 16.4 Å². The Labute approximate surface area is 194 Å². The van der Waals surface area contributed by atoms with Crippen LogP contribution in [0.5, 0.6) is 0 Å². The predicted octanol–water partition coefficient (Wildman–Crippen LogP) is 3.13. The van der Waals surface area contributed by atoms with Crippen LogP contribution in [0.3, 0.4) is 0 Å². The second-order valence-corrected chi connectivity index (χ2v) is 8.43. The van der Waals surface area contributed by atoms with Gasteiger partial charge in [-0.2, -0.15) is 0 Å². The molecule has 3 aromatic rings.